The fourth-order valence-corrected chi connectivity index (χ4v) is 4.28. The normalized spacial score (nSPS) is 21.0. The van der Waals surface area contributed by atoms with Crippen molar-refractivity contribution in [3.8, 4) is 0 Å². The van der Waals surface area contributed by atoms with Crippen LogP contribution in [-0.2, 0) is 15.6 Å². The third-order valence-electron chi connectivity index (χ3n) is 6.19. The van der Waals surface area contributed by atoms with Crippen molar-refractivity contribution < 1.29 is 9.22 Å². The van der Waals surface area contributed by atoms with Crippen molar-refractivity contribution in [1.82, 2.24) is 4.90 Å². The zero-order chi connectivity index (χ0) is 20.1. The molecule has 3 nitrogen and oxygen atoms in total. The Bertz CT molecular complexity index is 634. The molecule has 0 spiro atoms. The lowest BCUT2D eigenvalue weighted by atomic mass is 9.92. The average Bonchev–Trinajstić information content (AvgIpc) is 2.60. The lowest BCUT2D eigenvalue weighted by molar-refractivity contribution is -0.135. The molecule has 27 heavy (non-hydrogen) atoms. The van der Waals surface area contributed by atoms with E-state index in [4.69, 9.17) is 4.43 Å². The summed E-state index contributed by atoms with van der Waals surface area (Å²) in [4.78, 5) is 14.7. The van der Waals surface area contributed by atoms with Gasteiger partial charge in [0.1, 0.15) is 0 Å². The van der Waals surface area contributed by atoms with Crippen molar-refractivity contribution in [1.29, 1.82) is 0 Å². The van der Waals surface area contributed by atoms with Gasteiger partial charge >= 0.3 is 0 Å². The third-order valence-corrected chi connectivity index (χ3v) is 10.7. The molecule has 1 amide bonds. The van der Waals surface area contributed by atoms with Gasteiger partial charge in [-0.2, -0.15) is 0 Å². The molecule has 0 aromatic heterocycles. The number of likely N-dealkylation sites (N-methyl/N-ethyl adjacent to an activating group) is 1. The molecule has 0 saturated heterocycles. The molecule has 2 atom stereocenters. The first kappa shape index (κ1) is 21.9. The summed E-state index contributed by atoms with van der Waals surface area (Å²) < 4.78 is 6.24. The highest BCUT2D eigenvalue weighted by molar-refractivity contribution is 6.74. The summed E-state index contributed by atoms with van der Waals surface area (Å²) in [5.74, 6) is 0.277. The van der Waals surface area contributed by atoms with Crippen molar-refractivity contribution >= 4 is 14.2 Å². The van der Waals surface area contributed by atoms with E-state index in [-0.39, 0.29) is 22.9 Å². The number of benzene rings is 1. The van der Waals surface area contributed by atoms with Crippen LogP contribution in [0.3, 0.4) is 0 Å². The second-order valence-corrected chi connectivity index (χ2v) is 14.1. The summed E-state index contributed by atoms with van der Waals surface area (Å²) in [5.41, 5.74) is 1.27. The fraction of sp³-hybridized carbons (Fsp3) is 0.609. The first-order chi connectivity index (χ1) is 12.6. The molecular formula is C23H37NO2Si. The number of carbonyl (C=O) groups excluding carboxylic acids is 1. The highest BCUT2D eigenvalue weighted by Crippen LogP contribution is 2.36. The molecule has 0 radical (unpaired) electrons. The molecule has 1 aliphatic heterocycles. The van der Waals surface area contributed by atoms with E-state index < -0.39 is 8.32 Å². The molecule has 0 saturated carbocycles. The van der Waals surface area contributed by atoms with Crippen molar-refractivity contribution in [2.24, 2.45) is 5.92 Å². The van der Waals surface area contributed by atoms with Crippen LogP contribution in [0.15, 0.2) is 42.5 Å². The Morgan fingerprint density at radius 3 is 2.37 bits per heavy atom. The van der Waals surface area contributed by atoms with Crippen LogP contribution in [0.2, 0.25) is 18.1 Å². The summed E-state index contributed by atoms with van der Waals surface area (Å²) in [6.07, 6.45) is 8.20. The maximum Gasteiger partial charge on any atom is 0.229 e. The Morgan fingerprint density at radius 2 is 1.74 bits per heavy atom. The van der Waals surface area contributed by atoms with Crippen LogP contribution in [0.1, 0.15) is 45.6 Å². The summed E-state index contributed by atoms with van der Waals surface area (Å²) in [7, 11) is 0.283. The van der Waals surface area contributed by atoms with Crippen molar-refractivity contribution in [2.45, 2.75) is 70.6 Å². The fourth-order valence-electron chi connectivity index (χ4n) is 3.19. The number of hydrogen-bond donors (Lipinski definition) is 0. The second kappa shape index (κ2) is 9.20. The Labute approximate surface area is 166 Å². The van der Waals surface area contributed by atoms with Crippen LogP contribution in [0.25, 0.3) is 0 Å². The molecular weight excluding hydrogens is 350 g/mol. The van der Waals surface area contributed by atoms with Gasteiger partial charge in [-0.1, -0.05) is 69.7 Å². The zero-order valence-corrected chi connectivity index (χ0v) is 19.0. The van der Waals surface area contributed by atoms with Crippen LogP contribution < -0.4 is 0 Å². The molecule has 150 valence electrons. The Hall–Kier alpha value is -1.39. The van der Waals surface area contributed by atoms with Gasteiger partial charge in [-0.25, -0.2) is 0 Å². The molecule has 4 heteroatoms. The minimum atomic E-state index is -1.65. The molecule has 2 rings (SSSR count). The maximum atomic E-state index is 12.7. The quantitative estimate of drug-likeness (QED) is 0.338. The lowest BCUT2D eigenvalue weighted by Crippen LogP contribution is -2.43. The minimum Gasteiger partial charge on any atom is -0.417 e. The molecule has 0 unspecified atom stereocenters. The average molecular weight is 388 g/mol. The highest BCUT2D eigenvalue weighted by Gasteiger charge is 2.36. The van der Waals surface area contributed by atoms with Gasteiger partial charge in [0.25, 0.3) is 0 Å². The van der Waals surface area contributed by atoms with Crippen LogP contribution in [0, 0.1) is 5.92 Å². The largest absolute Gasteiger partial charge is 0.417 e. The number of rotatable bonds is 8. The molecule has 0 bridgehead atoms. The molecule has 0 N–H and O–H groups in total. The van der Waals surface area contributed by atoms with Crippen LogP contribution in [0.5, 0.6) is 0 Å². The summed E-state index contributed by atoms with van der Waals surface area (Å²) in [6, 6.07) is 10.6. The number of nitrogens with zero attached hydrogens (tertiary/aromatic N) is 1. The third kappa shape index (κ3) is 6.05. The topological polar surface area (TPSA) is 29.5 Å². The SMILES string of the molecule is CN1C(=O)[C@@H](CCCCO[Si](C)(C)C(C)(C)C)C=C[C@@H]1Cc1ccccc1. The van der Waals surface area contributed by atoms with E-state index in [1.54, 1.807) is 0 Å². The van der Waals surface area contributed by atoms with Gasteiger partial charge < -0.3 is 9.33 Å². The standard InChI is InChI=1S/C23H37NO2Si/c1-23(2,3)27(5,6)26-17-11-10-14-20-15-16-21(24(4)22(20)25)18-19-12-8-7-9-13-19/h7-9,12-13,15-16,20-21H,10-11,14,17-18H2,1-6H3/t20-,21+/m0/s1. The smallest absolute Gasteiger partial charge is 0.229 e. The summed E-state index contributed by atoms with van der Waals surface area (Å²) >= 11 is 0. The zero-order valence-electron chi connectivity index (χ0n) is 18.0. The molecule has 1 aromatic carbocycles. The first-order valence-corrected chi connectivity index (χ1v) is 13.2. The van der Waals surface area contributed by atoms with E-state index in [1.807, 2.05) is 18.0 Å². The first-order valence-electron chi connectivity index (χ1n) is 10.2. The highest BCUT2D eigenvalue weighted by atomic mass is 28.4. The second-order valence-electron chi connectivity index (χ2n) is 9.30. The van der Waals surface area contributed by atoms with E-state index in [9.17, 15) is 4.79 Å². The van der Waals surface area contributed by atoms with Gasteiger partial charge in [-0.15, -0.1) is 0 Å². The van der Waals surface area contributed by atoms with E-state index in [0.717, 1.165) is 32.3 Å². The Kier molecular flexibility index (Phi) is 7.46. The number of unbranched alkanes of at least 4 members (excludes halogenated alkanes) is 1. The van der Waals surface area contributed by atoms with Gasteiger partial charge in [0, 0.05) is 13.7 Å². The van der Waals surface area contributed by atoms with E-state index >= 15 is 0 Å². The van der Waals surface area contributed by atoms with Crippen molar-refractivity contribution in [3.05, 3.63) is 48.0 Å². The van der Waals surface area contributed by atoms with Gasteiger partial charge in [0.15, 0.2) is 8.32 Å². The lowest BCUT2D eigenvalue weighted by Gasteiger charge is -2.36. The van der Waals surface area contributed by atoms with Crippen molar-refractivity contribution in [2.75, 3.05) is 13.7 Å². The van der Waals surface area contributed by atoms with Gasteiger partial charge in [-0.05, 0) is 43.0 Å². The van der Waals surface area contributed by atoms with Crippen LogP contribution >= 0.6 is 0 Å². The predicted octanol–water partition coefficient (Wildman–Crippen LogP) is 5.43. The number of carbonyl (C=O) groups is 1. The van der Waals surface area contributed by atoms with E-state index in [2.05, 4.69) is 70.3 Å². The van der Waals surface area contributed by atoms with Gasteiger partial charge in [0.05, 0.1) is 12.0 Å². The molecule has 1 heterocycles. The van der Waals surface area contributed by atoms with Crippen molar-refractivity contribution in [3.63, 3.8) is 0 Å². The maximum absolute atomic E-state index is 12.7. The van der Waals surface area contributed by atoms with Gasteiger partial charge in [0.2, 0.25) is 5.91 Å². The van der Waals surface area contributed by atoms with E-state index in [1.165, 1.54) is 5.56 Å². The number of amides is 1. The minimum absolute atomic E-state index is 0.0231. The Morgan fingerprint density at radius 1 is 1.07 bits per heavy atom. The Balaban J connectivity index is 1.78. The molecule has 0 fully saturated rings. The van der Waals surface area contributed by atoms with Crippen LogP contribution in [-0.4, -0.2) is 38.8 Å². The summed E-state index contributed by atoms with van der Waals surface area (Å²) in [6.45, 7) is 12.2. The van der Waals surface area contributed by atoms with E-state index in [0.29, 0.717) is 0 Å². The molecule has 1 aromatic rings. The number of hydrogen-bond acceptors (Lipinski definition) is 2. The monoisotopic (exact) mass is 387 g/mol. The molecule has 1 aliphatic rings. The predicted molar refractivity (Wildman–Crippen MR) is 116 cm³/mol. The van der Waals surface area contributed by atoms with Gasteiger partial charge in [-0.3, -0.25) is 4.79 Å². The molecule has 0 aliphatic carbocycles. The van der Waals surface area contributed by atoms with Crippen LogP contribution in [0.4, 0.5) is 0 Å². The summed E-state index contributed by atoms with van der Waals surface area (Å²) in [5, 5.41) is 0.256.